The highest BCUT2D eigenvalue weighted by Crippen LogP contribution is 2.28. The second-order valence-electron chi connectivity index (χ2n) is 4.65. The number of nitrogens with one attached hydrogen (secondary N) is 1. The molecule has 1 aromatic heterocycles. The van der Waals surface area contributed by atoms with Crippen LogP contribution >= 0.6 is 0 Å². The Morgan fingerprint density at radius 3 is 2.33 bits per heavy atom. The average molecular weight is 247 g/mol. The van der Waals surface area contributed by atoms with Crippen molar-refractivity contribution in [3.05, 3.63) is 58.3 Å². The van der Waals surface area contributed by atoms with Crippen LogP contribution in [0.4, 0.5) is 4.39 Å². The van der Waals surface area contributed by atoms with E-state index in [0.717, 1.165) is 28.2 Å². The summed E-state index contributed by atoms with van der Waals surface area (Å²) in [6, 6.07) is 7.04. The first-order valence-electron chi connectivity index (χ1n) is 6.02. The zero-order valence-corrected chi connectivity index (χ0v) is 11.2. The number of hydrogen-bond donors (Lipinski definition) is 1. The highest BCUT2D eigenvalue weighted by Gasteiger charge is 2.18. The van der Waals surface area contributed by atoms with Crippen molar-refractivity contribution in [1.29, 1.82) is 0 Å². The molecule has 0 aliphatic heterocycles. The molecule has 96 valence electrons. The van der Waals surface area contributed by atoms with Crippen molar-refractivity contribution in [2.45, 2.75) is 26.8 Å². The Morgan fingerprint density at radius 2 is 1.83 bits per heavy atom. The van der Waals surface area contributed by atoms with Gasteiger partial charge in [0.05, 0.1) is 6.04 Å². The minimum Gasteiger partial charge on any atom is -0.466 e. The van der Waals surface area contributed by atoms with E-state index in [9.17, 15) is 4.39 Å². The van der Waals surface area contributed by atoms with Crippen LogP contribution in [-0.4, -0.2) is 7.05 Å². The molecule has 2 rings (SSSR count). The maximum absolute atomic E-state index is 13.5. The minimum absolute atomic E-state index is 0.0446. The predicted octanol–water partition coefficient (Wildman–Crippen LogP) is 3.65. The van der Waals surface area contributed by atoms with Crippen LogP contribution in [0.3, 0.4) is 0 Å². The molecule has 0 saturated carbocycles. The first kappa shape index (κ1) is 12.8. The van der Waals surface area contributed by atoms with Crippen molar-refractivity contribution in [2.24, 2.45) is 0 Å². The Kier molecular flexibility index (Phi) is 3.53. The van der Waals surface area contributed by atoms with E-state index in [1.807, 2.05) is 40.0 Å². The van der Waals surface area contributed by atoms with Gasteiger partial charge in [-0.25, -0.2) is 4.39 Å². The summed E-state index contributed by atoms with van der Waals surface area (Å²) in [7, 11) is 1.87. The minimum atomic E-state index is -0.205. The SMILES string of the molecule is CNC(c1cc(C)cc(F)c1)c1cc(C)oc1C. The number of halogens is 1. The summed E-state index contributed by atoms with van der Waals surface area (Å²) in [5, 5.41) is 3.22. The van der Waals surface area contributed by atoms with Gasteiger partial charge < -0.3 is 9.73 Å². The zero-order chi connectivity index (χ0) is 13.3. The normalized spacial score (nSPS) is 12.7. The van der Waals surface area contributed by atoms with Crippen LogP contribution in [0.1, 0.15) is 34.3 Å². The second kappa shape index (κ2) is 4.94. The second-order valence-corrected chi connectivity index (χ2v) is 4.65. The molecule has 1 N–H and O–H groups in total. The summed E-state index contributed by atoms with van der Waals surface area (Å²) in [4.78, 5) is 0. The van der Waals surface area contributed by atoms with Gasteiger partial charge in [-0.3, -0.25) is 0 Å². The van der Waals surface area contributed by atoms with E-state index >= 15 is 0 Å². The van der Waals surface area contributed by atoms with Gasteiger partial charge in [0.2, 0.25) is 0 Å². The van der Waals surface area contributed by atoms with Gasteiger partial charge in [-0.15, -0.1) is 0 Å². The molecule has 0 aliphatic rings. The lowest BCUT2D eigenvalue weighted by Crippen LogP contribution is -2.18. The summed E-state index contributed by atoms with van der Waals surface area (Å²) >= 11 is 0. The van der Waals surface area contributed by atoms with Gasteiger partial charge in [0.1, 0.15) is 17.3 Å². The van der Waals surface area contributed by atoms with Crippen molar-refractivity contribution in [2.75, 3.05) is 7.05 Å². The molecule has 0 spiro atoms. The molecule has 2 aromatic rings. The molecule has 0 aliphatic carbocycles. The standard InChI is InChI=1S/C15H18FNO/c1-9-5-12(8-13(16)6-9)15(17-4)14-7-10(2)18-11(14)3/h5-8,15,17H,1-4H3. The maximum atomic E-state index is 13.5. The third kappa shape index (κ3) is 2.46. The first-order chi connectivity index (χ1) is 8.51. The Morgan fingerprint density at radius 1 is 1.11 bits per heavy atom. The lowest BCUT2D eigenvalue weighted by molar-refractivity contribution is 0.496. The molecule has 1 atom stereocenters. The molecule has 18 heavy (non-hydrogen) atoms. The highest BCUT2D eigenvalue weighted by atomic mass is 19.1. The number of benzene rings is 1. The molecule has 0 radical (unpaired) electrons. The zero-order valence-electron chi connectivity index (χ0n) is 11.2. The molecule has 1 aromatic carbocycles. The van der Waals surface area contributed by atoms with E-state index in [1.165, 1.54) is 6.07 Å². The van der Waals surface area contributed by atoms with Crippen LogP contribution in [0, 0.1) is 26.6 Å². The lowest BCUT2D eigenvalue weighted by Gasteiger charge is -2.17. The van der Waals surface area contributed by atoms with Crippen LogP contribution in [0.25, 0.3) is 0 Å². The van der Waals surface area contributed by atoms with E-state index in [0.29, 0.717) is 0 Å². The van der Waals surface area contributed by atoms with Crippen molar-refractivity contribution in [3.63, 3.8) is 0 Å². The largest absolute Gasteiger partial charge is 0.466 e. The molecule has 0 fully saturated rings. The number of furan rings is 1. The van der Waals surface area contributed by atoms with E-state index in [4.69, 9.17) is 4.42 Å². The molecule has 2 nitrogen and oxygen atoms in total. The third-order valence-electron chi connectivity index (χ3n) is 3.08. The number of hydrogen-bond acceptors (Lipinski definition) is 2. The average Bonchev–Trinajstić information content (AvgIpc) is 2.58. The summed E-state index contributed by atoms with van der Waals surface area (Å²) < 4.78 is 19.0. The van der Waals surface area contributed by atoms with Gasteiger partial charge in [-0.1, -0.05) is 6.07 Å². The lowest BCUT2D eigenvalue weighted by atomic mass is 9.97. The van der Waals surface area contributed by atoms with E-state index in [2.05, 4.69) is 5.32 Å². The van der Waals surface area contributed by atoms with Crippen molar-refractivity contribution in [3.8, 4) is 0 Å². The summed E-state index contributed by atoms with van der Waals surface area (Å²) in [5.41, 5.74) is 2.89. The molecule has 1 heterocycles. The number of rotatable bonds is 3. The molecular weight excluding hydrogens is 229 g/mol. The van der Waals surface area contributed by atoms with Gasteiger partial charge in [0, 0.05) is 5.56 Å². The number of aryl methyl sites for hydroxylation is 3. The van der Waals surface area contributed by atoms with Crippen LogP contribution in [0.5, 0.6) is 0 Å². The van der Waals surface area contributed by atoms with Gasteiger partial charge in [-0.05, 0) is 57.1 Å². The quantitative estimate of drug-likeness (QED) is 0.895. The van der Waals surface area contributed by atoms with Gasteiger partial charge in [0.25, 0.3) is 0 Å². The molecule has 0 bridgehead atoms. The topological polar surface area (TPSA) is 25.2 Å². The molecule has 0 amide bonds. The van der Waals surface area contributed by atoms with Gasteiger partial charge in [0.15, 0.2) is 0 Å². The summed E-state index contributed by atoms with van der Waals surface area (Å²) in [6.07, 6.45) is 0. The maximum Gasteiger partial charge on any atom is 0.123 e. The molecule has 3 heteroatoms. The van der Waals surface area contributed by atoms with Crippen LogP contribution in [0.2, 0.25) is 0 Å². The van der Waals surface area contributed by atoms with Crippen molar-refractivity contribution >= 4 is 0 Å². The summed E-state index contributed by atoms with van der Waals surface area (Å²) in [5.74, 6) is 1.53. The Bertz CT molecular complexity index is 539. The van der Waals surface area contributed by atoms with Crippen LogP contribution in [0.15, 0.2) is 28.7 Å². The van der Waals surface area contributed by atoms with Crippen molar-refractivity contribution in [1.82, 2.24) is 5.32 Å². The predicted molar refractivity (Wildman–Crippen MR) is 70.2 cm³/mol. The Labute approximate surface area is 107 Å². The summed E-state index contributed by atoms with van der Waals surface area (Å²) in [6.45, 7) is 5.74. The monoisotopic (exact) mass is 247 g/mol. The van der Waals surface area contributed by atoms with Crippen LogP contribution in [-0.2, 0) is 0 Å². The van der Waals surface area contributed by atoms with E-state index in [1.54, 1.807) is 6.07 Å². The van der Waals surface area contributed by atoms with Crippen molar-refractivity contribution < 1.29 is 8.81 Å². The fraction of sp³-hybridized carbons (Fsp3) is 0.333. The molecule has 0 saturated heterocycles. The van der Waals surface area contributed by atoms with Gasteiger partial charge >= 0.3 is 0 Å². The third-order valence-corrected chi connectivity index (χ3v) is 3.08. The highest BCUT2D eigenvalue weighted by molar-refractivity contribution is 5.36. The van der Waals surface area contributed by atoms with Gasteiger partial charge in [-0.2, -0.15) is 0 Å². The molecular formula is C15H18FNO. The molecule has 1 unspecified atom stereocenters. The Hall–Kier alpha value is -1.61. The fourth-order valence-electron chi connectivity index (χ4n) is 2.37. The Balaban J connectivity index is 2.48. The smallest absolute Gasteiger partial charge is 0.123 e. The fourth-order valence-corrected chi connectivity index (χ4v) is 2.37. The van der Waals surface area contributed by atoms with Crippen LogP contribution < -0.4 is 5.32 Å². The van der Waals surface area contributed by atoms with E-state index < -0.39 is 0 Å². The van der Waals surface area contributed by atoms with E-state index in [-0.39, 0.29) is 11.9 Å². The first-order valence-corrected chi connectivity index (χ1v) is 6.02.